The van der Waals surface area contributed by atoms with E-state index in [0.29, 0.717) is 10.0 Å². The van der Waals surface area contributed by atoms with Crippen molar-refractivity contribution < 1.29 is 0 Å². The van der Waals surface area contributed by atoms with Crippen LogP contribution < -0.4 is 5.73 Å². The molecule has 2 N–H and O–H groups in total. The van der Waals surface area contributed by atoms with Crippen LogP contribution in [0.1, 0.15) is 11.6 Å². The maximum atomic E-state index is 5.89. The zero-order valence-corrected chi connectivity index (χ0v) is 7.94. The lowest BCUT2D eigenvalue weighted by molar-refractivity contribution is 0.915. The predicted octanol–water partition coefficient (Wildman–Crippen LogP) is 3.18. The minimum Gasteiger partial charge on any atom is -0.321 e. The van der Waals surface area contributed by atoms with Gasteiger partial charge >= 0.3 is 0 Å². The molecule has 1 nitrogen and oxygen atoms in total. The van der Waals surface area contributed by atoms with Crippen molar-refractivity contribution in [2.45, 2.75) is 6.04 Å². The van der Waals surface area contributed by atoms with Gasteiger partial charge in [0, 0.05) is 15.6 Å². The summed E-state index contributed by atoms with van der Waals surface area (Å²) in [6, 6.07) is 4.99. The van der Waals surface area contributed by atoms with Crippen molar-refractivity contribution in [3.8, 4) is 0 Å². The molecular weight excluding hydrogens is 193 g/mol. The van der Waals surface area contributed by atoms with E-state index in [0.717, 1.165) is 5.56 Å². The van der Waals surface area contributed by atoms with Crippen LogP contribution in [0.25, 0.3) is 0 Å². The lowest BCUT2D eigenvalue weighted by atomic mass is 10.1. The van der Waals surface area contributed by atoms with E-state index >= 15 is 0 Å². The van der Waals surface area contributed by atoms with Gasteiger partial charge in [-0.05, 0) is 12.1 Å². The van der Waals surface area contributed by atoms with Gasteiger partial charge in [0.1, 0.15) is 0 Å². The second-order valence-electron chi connectivity index (χ2n) is 2.40. The van der Waals surface area contributed by atoms with Crippen molar-refractivity contribution in [1.29, 1.82) is 0 Å². The fraction of sp³-hybridized carbons (Fsp3) is 0.111. The SMILES string of the molecule is C=C[C@H](N)c1c(Cl)cccc1Cl. The van der Waals surface area contributed by atoms with E-state index < -0.39 is 0 Å². The van der Waals surface area contributed by atoms with Gasteiger partial charge in [0.2, 0.25) is 0 Å². The highest BCUT2D eigenvalue weighted by atomic mass is 35.5. The van der Waals surface area contributed by atoms with Gasteiger partial charge in [0.25, 0.3) is 0 Å². The Morgan fingerprint density at radius 3 is 2.25 bits per heavy atom. The molecule has 1 rings (SSSR count). The summed E-state index contributed by atoms with van der Waals surface area (Å²) in [5.74, 6) is 0. The summed E-state index contributed by atoms with van der Waals surface area (Å²) in [5.41, 5.74) is 6.44. The van der Waals surface area contributed by atoms with Crippen LogP contribution in [0.2, 0.25) is 10.0 Å². The summed E-state index contributed by atoms with van der Waals surface area (Å²) < 4.78 is 0. The maximum absolute atomic E-state index is 5.89. The summed E-state index contributed by atoms with van der Waals surface area (Å²) >= 11 is 11.8. The average molecular weight is 202 g/mol. The lowest BCUT2D eigenvalue weighted by Gasteiger charge is -2.10. The lowest BCUT2D eigenvalue weighted by Crippen LogP contribution is -2.07. The minimum atomic E-state index is -0.300. The van der Waals surface area contributed by atoms with Gasteiger partial charge in [-0.3, -0.25) is 0 Å². The van der Waals surface area contributed by atoms with Crippen LogP contribution in [0.15, 0.2) is 30.9 Å². The molecule has 0 amide bonds. The molecule has 0 spiro atoms. The van der Waals surface area contributed by atoms with E-state index in [2.05, 4.69) is 6.58 Å². The zero-order valence-electron chi connectivity index (χ0n) is 6.43. The van der Waals surface area contributed by atoms with Crippen LogP contribution in [0.5, 0.6) is 0 Å². The first kappa shape index (κ1) is 9.59. The molecule has 0 aliphatic rings. The molecule has 64 valence electrons. The molecule has 0 bridgehead atoms. The van der Waals surface area contributed by atoms with Gasteiger partial charge in [0.15, 0.2) is 0 Å². The Labute approximate surface area is 81.8 Å². The van der Waals surface area contributed by atoms with E-state index in [4.69, 9.17) is 28.9 Å². The average Bonchev–Trinajstić information content (AvgIpc) is 2.03. The Hall–Kier alpha value is -0.500. The highest BCUT2D eigenvalue weighted by molar-refractivity contribution is 6.36. The van der Waals surface area contributed by atoms with Gasteiger partial charge in [-0.25, -0.2) is 0 Å². The number of halogens is 2. The van der Waals surface area contributed by atoms with E-state index in [9.17, 15) is 0 Å². The Morgan fingerprint density at radius 1 is 1.33 bits per heavy atom. The molecule has 0 aliphatic carbocycles. The normalized spacial score (nSPS) is 12.6. The molecule has 0 fully saturated rings. The molecule has 0 aromatic heterocycles. The molecule has 1 aromatic rings. The van der Waals surface area contributed by atoms with Crippen LogP contribution in [-0.2, 0) is 0 Å². The summed E-state index contributed by atoms with van der Waals surface area (Å²) in [6.07, 6.45) is 1.60. The molecule has 0 aliphatic heterocycles. The van der Waals surface area contributed by atoms with Gasteiger partial charge in [-0.15, -0.1) is 6.58 Å². The molecule has 12 heavy (non-hydrogen) atoms. The Balaban J connectivity index is 3.20. The Bertz CT molecular complexity index is 276. The number of hydrogen-bond acceptors (Lipinski definition) is 1. The zero-order chi connectivity index (χ0) is 9.14. The number of hydrogen-bond donors (Lipinski definition) is 1. The first-order valence-electron chi connectivity index (χ1n) is 3.49. The van der Waals surface area contributed by atoms with Crippen molar-refractivity contribution in [3.05, 3.63) is 46.5 Å². The standard InChI is InChI=1S/C9H9Cl2N/c1-2-8(12)9-6(10)4-3-5-7(9)11/h2-5,8H,1,12H2/t8-/m0/s1. The molecule has 3 heteroatoms. The fourth-order valence-corrected chi connectivity index (χ4v) is 1.60. The second kappa shape index (κ2) is 3.94. The Morgan fingerprint density at radius 2 is 1.83 bits per heavy atom. The monoisotopic (exact) mass is 201 g/mol. The molecule has 1 atom stereocenters. The van der Waals surface area contributed by atoms with E-state index in [1.54, 1.807) is 24.3 Å². The number of benzene rings is 1. The number of rotatable bonds is 2. The molecule has 0 radical (unpaired) electrons. The van der Waals surface area contributed by atoms with E-state index in [1.165, 1.54) is 0 Å². The molecule has 0 unspecified atom stereocenters. The summed E-state index contributed by atoms with van der Waals surface area (Å²) in [5, 5.41) is 1.16. The van der Waals surface area contributed by atoms with Gasteiger partial charge in [0.05, 0.1) is 6.04 Å². The molecule has 1 aromatic carbocycles. The third-order valence-corrected chi connectivity index (χ3v) is 2.25. The third kappa shape index (κ3) is 1.81. The second-order valence-corrected chi connectivity index (χ2v) is 3.21. The topological polar surface area (TPSA) is 26.0 Å². The van der Waals surface area contributed by atoms with E-state index in [1.807, 2.05) is 0 Å². The largest absolute Gasteiger partial charge is 0.321 e. The minimum absolute atomic E-state index is 0.300. The van der Waals surface area contributed by atoms with Crippen molar-refractivity contribution in [2.75, 3.05) is 0 Å². The van der Waals surface area contributed by atoms with Crippen molar-refractivity contribution in [2.24, 2.45) is 5.73 Å². The Kier molecular flexibility index (Phi) is 3.15. The van der Waals surface area contributed by atoms with Crippen LogP contribution in [0.3, 0.4) is 0 Å². The molecule has 0 saturated carbocycles. The predicted molar refractivity (Wildman–Crippen MR) is 53.6 cm³/mol. The highest BCUT2D eigenvalue weighted by Gasteiger charge is 2.09. The highest BCUT2D eigenvalue weighted by Crippen LogP contribution is 2.29. The molecule has 0 saturated heterocycles. The van der Waals surface area contributed by atoms with Crippen molar-refractivity contribution in [1.82, 2.24) is 0 Å². The van der Waals surface area contributed by atoms with Gasteiger partial charge < -0.3 is 5.73 Å². The van der Waals surface area contributed by atoms with Crippen LogP contribution in [-0.4, -0.2) is 0 Å². The number of nitrogens with two attached hydrogens (primary N) is 1. The van der Waals surface area contributed by atoms with Gasteiger partial charge in [-0.2, -0.15) is 0 Å². The summed E-state index contributed by atoms with van der Waals surface area (Å²) in [7, 11) is 0. The smallest absolute Gasteiger partial charge is 0.0508 e. The summed E-state index contributed by atoms with van der Waals surface area (Å²) in [4.78, 5) is 0. The van der Waals surface area contributed by atoms with Crippen LogP contribution in [0, 0.1) is 0 Å². The first-order valence-corrected chi connectivity index (χ1v) is 4.24. The van der Waals surface area contributed by atoms with E-state index in [-0.39, 0.29) is 6.04 Å². The summed E-state index contributed by atoms with van der Waals surface area (Å²) in [6.45, 7) is 3.58. The van der Waals surface area contributed by atoms with Crippen molar-refractivity contribution >= 4 is 23.2 Å². The molecular formula is C9H9Cl2N. The maximum Gasteiger partial charge on any atom is 0.0508 e. The van der Waals surface area contributed by atoms with Crippen molar-refractivity contribution in [3.63, 3.8) is 0 Å². The quantitative estimate of drug-likeness (QED) is 0.732. The van der Waals surface area contributed by atoms with Crippen LogP contribution >= 0.6 is 23.2 Å². The van der Waals surface area contributed by atoms with Gasteiger partial charge in [-0.1, -0.05) is 35.3 Å². The fourth-order valence-electron chi connectivity index (χ4n) is 0.947. The first-order chi connectivity index (χ1) is 5.66. The molecule has 0 heterocycles. The third-order valence-electron chi connectivity index (χ3n) is 1.59. The van der Waals surface area contributed by atoms with Crippen LogP contribution in [0.4, 0.5) is 0 Å².